The molecule has 0 saturated carbocycles. The maximum atomic E-state index is 13.6. The third kappa shape index (κ3) is 5.02. The molecule has 0 aliphatic carbocycles. The first-order chi connectivity index (χ1) is 17.9. The van der Waals surface area contributed by atoms with E-state index in [1.165, 1.54) is 4.40 Å². The van der Waals surface area contributed by atoms with Gasteiger partial charge >= 0.3 is 5.69 Å². The Morgan fingerprint density at radius 1 is 1.08 bits per heavy atom. The van der Waals surface area contributed by atoms with E-state index in [2.05, 4.69) is 34.3 Å². The SMILES string of the molecule is CC(C)c1ccc([C@@H](NC(=O)[C@@H]2CCCN2C(=O)Cc2cccn3c(=O)[nH]nc23)c2ccccc2)nc1. The lowest BCUT2D eigenvalue weighted by Gasteiger charge is -2.27. The van der Waals surface area contributed by atoms with Crippen molar-refractivity contribution >= 4 is 17.5 Å². The van der Waals surface area contributed by atoms with Crippen LogP contribution in [0.1, 0.15) is 61.0 Å². The highest BCUT2D eigenvalue weighted by Crippen LogP contribution is 2.25. The third-order valence-electron chi connectivity index (χ3n) is 6.93. The van der Waals surface area contributed by atoms with E-state index in [9.17, 15) is 14.4 Å². The van der Waals surface area contributed by atoms with Gasteiger partial charge in [0.2, 0.25) is 11.8 Å². The first-order valence-corrected chi connectivity index (χ1v) is 12.6. The van der Waals surface area contributed by atoms with Gasteiger partial charge in [-0.2, -0.15) is 5.10 Å². The number of fused-ring (bicyclic) bond motifs is 1. The van der Waals surface area contributed by atoms with Crippen molar-refractivity contribution in [3.05, 3.63) is 99.9 Å². The fourth-order valence-corrected chi connectivity index (χ4v) is 4.87. The normalized spacial score (nSPS) is 16.3. The van der Waals surface area contributed by atoms with Gasteiger partial charge < -0.3 is 10.2 Å². The van der Waals surface area contributed by atoms with Crippen LogP contribution in [-0.4, -0.2) is 48.9 Å². The highest BCUT2D eigenvalue weighted by Gasteiger charge is 2.35. The van der Waals surface area contributed by atoms with Crippen molar-refractivity contribution in [3.8, 4) is 0 Å². The monoisotopic (exact) mass is 498 g/mol. The average Bonchev–Trinajstić information content (AvgIpc) is 3.56. The first-order valence-electron chi connectivity index (χ1n) is 12.6. The Morgan fingerprint density at radius 2 is 1.89 bits per heavy atom. The maximum Gasteiger partial charge on any atom is 0.347 e. The molecule has 1 aliphatic heterocycles. The van der Waals surface area contributed by atoms with Crippen molar-refractivity contribution in [2.45, 2.75) is 51.1 Å². The Bertz CT molecular complexity index is 1460. The highest BCUT2D eigenvalue weighted by molar-refractivity contribution is 5.90. The van der Waals surface area contributed by atoms with E-state index in [0.29, 0.717) is 30.1 Å². The van der Waals surface area contributed by atoms with Gasteiger partial charge in [0, 0.05) is 24.5 Å². The molecule has 190 valence electrons. The number of pyridine rings is 2. The summed E-state index contributed by atoms with van der Waals surface area (Å²) in [5.41, 5.74) is 3.49. The molecule has 1 fully saturated rings. The van der Waals surface area contributed by atoms with Crippen LogP contribution in [0, 0.1) is 0 Å². The summed E-state index contributed by atoms with van der Waals surface area (Å²) in [5, 5.41) is 9.62. The second kappa shape index (κ2) is 10.4. The molecule has 5 rings (SSSR count). The summed E-state index contributed by atoms with van der Waals surface area (Å²) in [5.74, 6) is -0.0177. The Balaban J connectivity index is 1.36. The number of nitrogens with one attached hydrogen (secondary N) is 2. The summed E-state index contributed by atoms with van der Waals surface area (Å²) in [6.45, 7) is 4.73. The van der Waals surface area contributed by atoms with Gasteiger partial charge in [0.25, 0.3) is 0 Å². The van der Waals surface area contributed by atoms with Gasteiger partial charge in [-0.15, -0.1) is 0 Å². The zero-order chi connectivity index (χ0) is 25.9. The Hall–Kier alpha value is -4.27. The van der Waals surface area contributed by atoms with E-state index >= 15 is 0 Å². The summed E-state index contributed by atoms with van der Waals surface area (Å²) in [6, 6.07) is 16.2. The number of carbonyl (C=O) groups is 2. The number of likely N-dealkylation sites (tertiary alicyclic amines) is 1. The van der Waals surface area contributed by atoms with Crippen LogP contribution in [0.15, 0.2) is 71.8 Å². The quantitative estimate of drug-likeness (QED) is 0.407. The number of carbonyl (C=O) groups excluding carboxylic acids is 2. The summed E-state index contributed by atoms with van der Waals surface area (Å²) in [4.78, 5) is 45.1. The van der Waals surface area contributed by atoms with Gasteiger partial charge in [0.1, 0.15) is 6.04 Å². The Morgan fingerprint density at radius 3 is 2.62 bits per heavy atom. The number of nitrogens with zero attached hydrogens (tertiary/aromatic N) is 4. The number of aromatic amines is 1. The van der Waals surface area contributed by atoms with Crippen molar-refractivity contribution < 1.29 is 9.59 Å². The highest BCUT2D eigenvalue weighted by atomic mass is 16.2. The van der Waals surface area contributed by atoms with E-state index < -0.39 is 12.1 Å². The fraction of sp³-hybridized carbons (Fsp3) is 0.321. The minimum atomic E-state index is -0.574. The van der Waals surface area contributed by atoms with Crippen molar-refractivity contribution in [2.75, 3.05) is 6.54 Å². The Kier molecular flexibility index (Phi) is 6.85. The molecule has 4 heterocycles. The van der Waals surface area contributed by atoms with Crippen LogP contribution >= 0.6 is 0 Å². The Labute approximate surface area is 214 Å². The predicted octanol–water partition coefficient (Wildman–Crippen LogP) is 2.98. The molecule has 3 aromatic heterocycles. The summed E-state index contributed by atoms with van der Waals surface area (Å²) < 4.78 is 1.37. The number of hydrogen-bond donors (Lipinski definition) is 2. The smallest absolute Gasteiger partial charge is 0.342 e. The molecule has 1 saturated heterocycles. The molecule has 0 radical (unpaired) electrons. The molecule has 1 aromatic carbocycles. The topological polar surface area (TPSA) is 112 Å². The van der Waals surface area contributed by atoms with Crippen LogP contribution in [-0.2, 0) is 16.0 Å². The van der Waals surface area contributed by atoms with Gasteiger partial charge in [-0.1, -0.05) is 56.3 Å². The van der Waals surface area contributed by atoms with Crippen LogP contribution in [0.3, 0.4) is 0 Å². The average molecular weight is 499 g/mol. The molecule has 2 amide bonds. The van der Waals surface area contributed by atoms with Crippen LogP contribution in [0.4, 0.5) is 0 Å². The molecule has 0 bridgehead atoms. The standard InChI is InChI=1S/C28H30N6O3/c1-18(2)21-12-13-22(29-17-21)25(19-8-4-3-5-9-19)30-27(36)23-11-7-14-33(23)24(35)16-20-10-6-15-34-26(20)31-32-28(34)37/h3-6,8-10,12-13,15,17-18,23,25H,7,11,14,16H2,1-2H3,(H,30,36)(H,32,37)/t23-,25-/m0/s1. The number of amides is 2. The maximum absolute atomic E-state index is 13.6. The lowest BCUT2D eigenvalue weighted by Crippen LogP contribution is -2.47. The van der Waals surface area contributed by atoms with Crippen molar-refractivity contribution in [2.24, 2.45) is 0 Å². The zero-order valence-electron chi connectivity index (χ0n) is 20.9. The number of benzene rings is 1. The van der Waals surface area contributed by atoms with Gasteiger partial charge in [-0.05, 0) is 42.0 Å². The van der Waals surface area contributed by atoms with Crippen molar-refractivity contribution in [1.82, 2.24) is 29.8 Å². The lowest BCUT2D eigenvalue weighted by atomic mass is 10.00. The molecule has 4 aromatic rings. The lowest BCUT2D eigenvalue weighted by molar-refractivity contribution is -0.138. The molecular weight excluding hydrogens is 468 g/mol. The minimum Gasteiger partial charge on any atom is -0.342 e. The largest absolute Gasteiger partial charge is 0.347 e. The van der Waals surface area contributed by atoms with E-state index in [0.717, 1.165) is 23.2 Å². The van der Waals surface area contributed by atoms with Crippen molar-refractivity contribution in [1.29, 1.82) is 0 Å². The molecule has 2 N–H and O–H groups in total. The molecule has 1 aliphatic rings. The van der Waals surface area contributed by atoms with E-state index in [4.69, 9.17) is 0 Å². The second-order valence-electron chi connectivity index (χ2n) is 9.70. The van der Waals surface area contributed by atoms with Crippen LogP contribution in [0.25, 0.3) is 5.65 Å². The summed E-state index contributed by atoms with van der Waals surface area (Å²) >= 11 is 0. The molecule has 9 nitrogen and oxygen atoms in total. The van der Waals surface area contributed by atoms with E-state index in [1.807, 2.05) is 48.7 Å². The molecule has 0 spiro atoms. The first kappa shape index (κ1) is 24.4. The zero-order valence-corrected chi connectivity index (χ0v) is 20.9. The van der Waals surface area contributed by atoms with Crippen LogP contribution < -0.4 is 11.0 Å². The van der Waals surface area contributed by atoms with Crippen molar-refractivity contribution in [3.63, 3.8) is 0 Å². The van der Waals surface area contributed by atoms with E-state index in [-0.39, 0.29) is 23.9 Å². The molecule has 37 heavy (non-hydrogen) atoms. The summed E-state index contributed by atoms with van der Waals surface area (Å²) in [7, 11) is 0. The number of H-pyrrole nitrogens is 1. The van der Waals surface area contributed by atoms with Crippen LogP contribution in [0.2, 0.25) is 0 Å². The number of rotatable bonds is 7. The van der Waals surface area contributed by atoms with Gasteiger partial charge in [0.15, 0.2) is 5.65 Å². The summed E-state index contributed by atoms with van der Waals surface area (Å²) in [6.07, 6.45) is 4.85. The third-order valence-corrected chi connectivity index (χ3v) is 6.93. The van der Waals surface area contributed by atoms with E-state index in [1.54, 1.807) is 23.2 Å². The van der Waals surface area contributed by atoms with Gasteiger partial charge in [-0.25, -0.2) is 9.89 Å². The molecular formula is C28H30N6O3. The molecule has 2 atom stereocenters. The molecule has 9 heteroatoms. The number of aromatic nitrogens is 4. The van der Waals surface area contributed by atoms with Gasteiger partial charge in [0.05, 0.1) is 18.2 Å². The molecule has 0 unspecified atom stereocenters. The fourth-order valence-electron chi connectivity index (χ4n) is 4.87. The van der Waals surface area contributed by atoms with Crippen LogP contribution in [0.5, 0.6) is 0 Å². The second-order valence-corrected chi connectivity index (χ2v) is 9.70. The van der Waals surface area contributed by atoms with Gasteiger partial charge in [-0.3, -0.25) is 19.0 Å². The minimum absolute atomic E-state index is 0.0543. The predicted molar refractivity (Wildman–Crippen MR) is 139 cm³/mol. The number of hydrogen-bond acceptors (Lipinski definition) is 5.